The maximum absolute atomic E-state index is 13.1. The number of ketones is 1. The van der Waals surface area contributed by atoms with E-state index in [2.05, 4.69) is 5.32 Å². The number of nitrogens with one attached hydrogen (secondary N) is 1. The van der Waals surface area contributed by atoms with E-state index < -0.39 is 16.5 Å². The summed E-state index contributed by atoms with van der Waals surface area (Å²) in [5.74, 6) is 0.580. The normalized spacial score (nSPS) is 14.8. The highest BCUT2D eigenvalue weighted by Crippen LogP contribution is 2.31. The molecule has 0 aromatic heterocycles. The molecule has 2 aromatic carbocycles. The lowest BCUT2D eigenvalue weighted by molar-refractivity contribution is 0.100. The summed E-state index contributed by atoms with van der Waals surface area (Å²) in [6.45, 7) is 3.68. The molecule has 3 rings (SSSR count). The van der Waals surface area contributed by atoms with Crippen LogP contribution in [-0.2, 0) is 11.2 Å². The molecule has 0 aliphatic carbocycles. The molecule has 0 atom stereocenters. The first-order valence-electron chi connectivity index (χ1n) is 9.85. The van der Waals surface area contributed by atoms with E-state index in [0.717, 1.165) is 17.5 Å². The maximum Gasteiger partial charge on any atom is 0.411 e. The average Bonchev–Trinajstić information content (AvgIpc) is 2.71. The largest absolute Gasteiger partial charge is 0.497 e. The van der Waals surface area contributed by atoms with Crippen molar-refractivity contribution in [2.45, 2.75) is 36.0 Å². The third kappa shape index (κ3) is 6.61. The highest BCUT2D eigenvalue weighted by Gasteiger charge is 2.28. The van der Waals surface area contributed by atoms with Crippen molar-refractivity contribution in [3.05, 3.63) is 59.2 Å². The Bertz CT molecular complexity index is 1060. The van der Waals surface area contributed by atoms with E-state index >= 15 is 0 Å². The summed E-state index contributed by atoms with van der Waals surface area (Å²) < 4.78 is 8.50. The van der Waals surface area contributed by atoms with Crippen LogP contribution in [0.3, 0.4) is 0 Å². The van der Waals surface area contributed by atoms with Crippen LogP contribution >= 0.6 is 34.8 Å². The number of aliphatic imine (C=N–C) groups is 1. The van der Waals surface area contributed by atoms with Gasteiger partial charge in [-0.15, -0.1) is 0 Å². The molecule has 0 bridgehead atoms. The Morgan fingerprint density at radius 3 is 2.59 bits per heavy atom. The molecule has 2 aromatic rings. The minimum Gasteiger partial charge on any atom is -0.497 e. The average molecular weight is 498 g/mol. The first-order chi connectivity index (χ1) is 15.0. The number of carbonyl (C=O) groups excluding carboxylic acids is 2. The number of carbonyl (C=O) groups is 2. The summed E-state index contributed by atoms with van der Waals surface area (Å²) in [5.41, 5.74) is 3.26. The molecule has 170 valence electrons. The lowest BCUT2D eigenvalue weighted by Crippen LogP contribution is -2.30. The zero-order chi connectivity index (χ0) is 23.5. The van der Waals surface area contributed by atoms with E-state index in [4.69, 9.17) is 49.3 Å². The second kappa shape index (κ2) is 9.69. The van der Waals surface area contributed by atoms with E-state index in [1.807, 2.05) is 32.0 Å². The number of ether oxygens (including phenoxy) is 2. The van der Waals surface area contributed by atoms with Gasteiger partial charge in [0.05, 0.1) is 24.8 Å². The fourth-order valence-corrected chi connectivity index (χ4v) is 3.66. The number of rotatable bonds is 6. The van der Waals surface area contributed by atoms with Gasteiger partial charge in [-0.2, -0.15) is 0 Å². The van der Waals surface area contributed by atoms with Gasteiger partial charge in [0, 0.05) is 16.8 Å². The van der Waals surface area contributed by atoms with E-state index in [-0.39, 0.29) is 17.7 Å². The van der Waals surface area contributed by atoms with E-state index in [1.165, 1.54) is 0 Å². The van der Waals surface area contributed by atoms with Crippen molar-refractivity contribution in [2.24, 2.45) is 4.99 Å². The quantitative estimate of drug-likeness (QED) is 0.391. The van der Waals surface area contributed by atoms with Crippen LogP contribution < -0.4 is 10.1 Å². The lowest BCUT2D eigenvalue weighted by Gasteiger charge is -2.29. The van der Waals surface area contributed by atoms with E-state index in [9.17, 15) is 9.59 Å². The Kier molecular flexibility index (Phi) is 7.38. The van der Waals surface area contributed by atoms with Gasteiger partial charge in [0.1, 0.15) is 12.4 Å². The number of halogens is 3. The number of hydrogen-bond donors (Lipinski definition) is 1. The van der Waals surface area contributed by atoms with Crippen molar-refractivity contribution in [1.82, 2.24) is 0 Å². The first kappa shape index (κ1) is 24.4. The fraction of sp³-hybridized carbons (Fsp3) is 0.348. The molecular weight excluding hydrogens is 475 g/mol. The molecule has 1 aliphatic rings. The molecule has 0 radical (unpaired) electrons. The van der Waals surface area contributed by atoms with Crippen LogP contribution in [0.25, 0.3) is 0 Å². The first-order valence-corrected chi connectivity index (χ1v) is 11.0. The Morgan fingerprint density at radius 1 is 1.16 bits per heavy atom. The highest BCUT2D eigenvalue weighted by atomic mass is 35.6. The van der Waals surface area contributed by atoms with Gasteiger partial charge in [-0.25, -0.2) is 4.79 Å². The van der Waals surface area contributed by atoms with Gasteiger partial charge >= 0.3 is 6.09 Å². The smallest absolute Gasteiger partial charge is 0.411 e. The molecular formula is C23H23Cl3N2O4. The van der Waals surface area contributed by atoms with Crippen LogP contribution in [0.2, 0.25) is 0 Å². The second-order valence-corrected chi connectivity index (χ2v) is 10.6. The topological polar surface area (TPSA) is 77.0 Å². The summed E-state index contributed by atoms with van der Waals surface area (Å²) >= 11 is 16.7. The molecule has 1 amide bonds. The monoisotopic (exact) mass is 496 g/mol. The number of nitrogens with zero attached hydrogens (tertiary/aromatic N) is 1. The highest BCUT2D eigenvalue weighted by molar-refractivity contribution is 6.67. The van der Waals surface area contributed by atoms with Gasteiger partial charge in [0.15, 0.2) is 5.78 Å². The maximum atomic E-state index is 13.1. The van der Waals surface area contributed by atoms with Crippen LogP contribution in [0.15, 0.2) is 47.5 Å². The Morgan fingerprint density at radius 2 is 1.91 bits per heavy atom. The third-order valence-corrected chi connectivity index (χ3v) is 5.14. The van der Waals surface area contributed by atoms with Gasteiger partial charge in [0.25, 0.3) is 0 Å². The summed E-state index contributed by atoms with van der Waals surface area (Å²) in [6, 6.07) is 12.4. The standard InChI is InChI=1S/C23H23Cl3N2O4/c1-22(2)12-15-7-8-17(31-3)10-18(15)19(28-22)11-20(29)14-5-4-6-16(9-14)27-21(30)32-13-23(24,25)26/h4-10H,11-13H2,1-3H3,(H,27,30). The zero-order valence-electron chi connectivity index (χ0n) is 17.9. The number of hydrogen-bond acceptors (Lipinski definition) is 5. The van der Waals surface area contributed by atoms with Crippen molar-refractivity contribution in [3.8, 4) is 5.75 Å². The molecule has 1 heterocycles. The lowest BCUT2D eigenvalue weighted by atomic mass is 9.85. The molecule has 0 saturated heterocycles. The molecule has 0 unspecified atom stereocenters. The van der Waals surface area contributed by atoms with Gasteiger partial charge in [-0.05, 0) is 50.1 Å². The summed E-state index contributed by atoms with van der Waals surface area (Å²) in [7, 11) is 1.60. The van der Waals surface area contributed by atoms with Gasteiger partial charge in [-0.1, -0.05) is 53.0 Å². The molecule has 0 saturated carbocycles. The van der Waals surface area contributed by atoms with Crippen molar-refractivity contribution in [2.75, 3.05) is 19.0 Å². The molecule has 1 N–H and O–H groups in total. The summed E-state index contributed by atoms with van der Waals surface area (Å²) in [4.78, 5) is 29.8. The molecule has 0 fully saturated rings. The Balaban J connectivity index is 1.77. The summed E-state index contributed by atoms with van der Waals surface area (Å²) in [5, 5.41) is 2.52. The number of fused-ring (bicyclic) bond motifs is 1. The van der Waals surface area contributed by atoms with Crippen molar-refractivity contribution in [1.29, 1.82) is 0 Å². The zero-order valence-corrected chi connectivity index (χ0v) is 20.1. The molecule has 9 heteroatoms. The Hall–Kier alpha value is -2.28. The van der Waals surface area contributed by atoms with Gasteiger partial charge in [-0.3, -0.25) is 15.1 Å². The van der Waals surface area contributed by atoms with Crippen LogP contribution in [-0.4, -0.2) is 40.6 Å². The fourth-order valence-electron chi connectivity index (χ4n) is 3.50. The van der Waals surface area contributed by atoms with Gasteiger partial charge < -0.3 is 9.47 Å². The van der Waals surface area contributed by atoms with Crippen molar-refractivity contribution < 1.29 is 19.1 Å². The number of methoxy groups -OCH3 is 1. The number of benzene rings is 2. The number of alkyl halides is 3. The summed E-state index contributed by atoms with van der Waals surface area (Å²) in [6.07, 6.45) is 0.102. The minimum atomic E-state index is -1.71. The molecule has 1 aliphatic heterocycles. The van der Waals surface area contributed by atoms with Crippen LogP contribution in [0.4, 0.5) is 10.5 Å². The van der Waals surface area contributed by atoms with Crippen LogP contribution in [0.1, 0.15) is 41.8 Å². The predicted molar refractivity (Wildman–Crippen MR) is 128 cm³/mol. The number of Topliss-reactive ketones (excluding diaryl/α,β-unsaturated/α-hetero) is 1. The minimum absolute atomic E-state index is 0.116. The van der Waals surface area contributed by atoms with E-state index in [1.54, 1.807) is 31.4 Å². The number of amides is 1. The molecule has 6 nitrogen and oxygen atoms in total. The van der Waals surface area contributed by atoms with Gasteiger partial charge in [0.2, 0.25) is 3.79 Å². The van der Waals surface area contributed by atoms with E-state index in [0.29, 0.717) is 22.7 Å². The molecule has 0 spiro atoms. The second-order valence-electron chi connectivity index (χ2n) is 8.07. The third-order valence-electron chi connectivity index (χ3n) is 4.81. The van der Waals surface area contributed by atoms with Crippen LogP contribution in [0.5, 0.6) is 5.75 Å². The van der Waals surface area contributed by atoms with Crippen molar-refractivity contribution in [3.63, 3.8) is 0 Å². The van der Waals surface area contributed by atoms with Crippen LogP contribution in [0, 0.1) is 0 Å². The predicted octanol–water partition coefficient (Wildman–Crippen LogP) is 6.01. The van der Waals surface area contributed by atoms with Crippen molar-refractivity contribution >= 4 is 58.1 Å². The Labute approximate surface area is 201 Å². The number of anilines is 1. The SMILES string of the molecule is COc1ccc2c(c1)C(CC(=O)c1cccc(NC(=O)OCC(Cl)(Cl)Cl)c1)=NC(C)(C)C2. The molecule has 32 heavy (non-hydrogen) atoms.